The Morgan fingerprint density at radius 2 is 1.82 bits per heavy atom. The van der Waals surface area contributed by atoms with Crippen LogP contribution in [0.3, 0.4) is 0 Å². The molecule has 0 radical (unpaired) electrons. The fraction of sp³-hybridized carbons (Fsp3) is 0.136. The van der Waals surface area contributed by atoms with Crippen molar-refractivity contribution in [1.29, 1.82) is 0 Å². The van der Waals surface area contributed by atoms with E-state index in [0.29, 0.717) is 5.95 Å². The number of rotatable bonds is 4. The zero-order valence-electron chi connectivity index (χ0n) is 15.9. The van der Waals surface area contributed by atoms with Gasteiger partial charge in [0.25, 0.3) is 11.9 Å². The minimum Gasteiger partial charge on any atom is -0.290 e. The molecule has 4 aromatic rings. The van der Waals surface area contributed by atoms with Gasteiger partial charge in [0.15, 0.2) is 0 Å². The third-order valence-corrected chi connectivity index (χ3v) is 5.30. The number of aryl methyl sites for hydroxylation is 3. The largest absolute Gasteiger partial charge is 0.290 e. The first-order valence-corrected chi connectivity index (χ1v) is 9.85. The van der Waals surface area contributed by atoms with Gasteiger partial charge in [-0.25, -0.2) is 4.52 Å². The molecule has 5 nitrogen and oxygen atoms in total. The number of carbonyl (C=O) groups is 1. The van der Waals surface area contributed by atoms with E-state index in [1.165, 1.54) is 34.1 Å². The van der Waals surface area contributed by atoms with Crippen molar-refractivity contribution < 1.29 is 4.79 Å². The summed E-state index contributed by atoms with van der Waals surface area (Å²) in [6.45, 7) is 6.19. The van der Waals surface area contributed by atoms with Gasteiger partial charge in [0.05, 0.1) is 5.69 Å². The van der Waals surface area contributed by atoms with Gasteiger partial charge in [0.2, 0.25) is 4.96 Å². The van der Waals surface area contributed by atoms with Gasteiger partial charge in [-0.2, -0.15) is 4.98 Å². The highest BCUT2D eigenvalue weighted by molar-refractivity contribution is 7.15. The molecule has 0 aliphatic rings. The van der Waals surface area contributed by atoms with Crippen LogP contribution < -0.4 is 5.32 Å². The van der Waals surface area contributed by atoms with Crippen LogP contribution in [0.1, 0.15) is 22.3 Å². The summed E-state index contributed by atoms with van der Waals surface area (Å²) in [7, 11) is 0. The Morgan fingerprint density at radius 3 is 2.57 bits per heavy atom. The van der Waals surface area contributed by atoms with Crippen molar-refractivity contribution in [2.45, 2.75) is 20.8 Å². The molecule has 6 heteroatoms. The van der Waals surface area contributed by atoms with Crippen LogP contribution in [-0.4, -0.2) is 20.5 Å². The number of thiazole rings is 1. The van der Waals surface area contributed by atoms with E-state index in [-0.39, 0.29) is 5.91 Å². The molecule has 0 saturated carbocycles. The van der Waals surface area contributed by atoms with Crippen molar-refractivity contribution in [3.8, 4) is 11.3 Å². The second-order valence-corrected chi connectivity index (χ2v) is 7.64. The number of anilines is 1. The molecule has 2 aromatic heterocycles. The van der Waals surface area contributed by atoms with E-state index >= 15 is 0 Å². The van der Waals surface area contributed by atoms with Gasteiger partial charge in [-0.05, 0) is 38.0 Å². The van der Waals surface area contributed by atoms with E-state index in [4.69, 9.17) is 0 Å². The highest BCUT2D eigenvalue weighted by atomic mass is 32.1. The van der Waals surface area contributed by atoms with Crippen molar-refractivity contribution in [3.63, 3.8) is 0 Å². The number of carbonyl (C=O) groups excluding carboxylic acids is 1. The second-order valence-electron chi connectivity index (χ2n) is 6.80. The number of hydrogen-bond donors (Lipinski definition) is 1. The van der Waals surface area contributed by atoms with E-state index in [0.717, 1.165) is 21.8 Å². The number of nitrogens with one attached hydrogen (secondary N) is 1. The molecule has 0 bridgehead atoms. The van der Waals surface area contributed by atoms with Crippen molar-refractivity contribution in [2.24, 2.45) is 0 Å². The summed E-state index contributed by atoms with van der Waals surface area (Å²) in [5, 5.41) is 9.25. The van der Waals surface area contributed by atoms with Crippen molar-refractivity contribution in [1.82, 2.24) is 14.6 Å². The lowest BCUT2D eigenvalue weighted by molar-refractivity contribution is -0.111. The number of amides is 1. The van der Waals surface area contributed by atoms with Crippen LogP contribution in [0, 0.1) is 20.8 Å². The molecule has 28 heavy (non-hydrogen) atoms. The number of aromatic nitrogens is 3. The molecule has 0 aliphatic carbocycles. The fourth-order valence-electron chi connectivity index (χ4n) is 3.02. The average molecular weight is 388 g/mol. The fourth-order valence-corrected chi connectivity index (χ4v) is 3.84. The van der Waals surface area contributed by atoms with Crippen LogP contribution in [0.4, 0.5) is 5.95 Å². The van der Waals surface area contributed by atoms with E-state index in [2.05, 4.69) is 47.4 Å². The van der Waals surface area contributed by atoms with Crippen LogP contribution in [-0.2, 0) is 4.79 Å². The zero-order valence-corrected chi connectivity index (χ0v) is 16.7. The Bertz CT molecular complexity index is 1190. The summed E-state index contributed by atoms with van der Waals surface area (Å²) in [5.74, 6) is 0.0447. The number of hydrogen-bond acceptors (Lipinski definition) is 4. The van der Waals surface area contributed by atoms with Gasteiger partial charge >= 0.3 is 0 Å². The molecule has 0 aliphatic heterocycles. The molecule has 1 N–H and O–H groups in total. The maximum Gasteiger partial charge on any atom is 0.250 e. The Balaban J connectivity index is 1.54. The molecule has 1 amide bonds. The smallest absolute Gasteiger partial charge is 0.250 e. The van der Waals surface area contributed by atoms with Gasteiger partial charge in [0.1, 0.15) is 0 Å². The molecule has 2 aromatic carbocycles. The summed E-state index contributed by atoms with van der Waals surface area (Å²) in [4.78, 5) is 17.4. The van der Waals surface area contributed by atoms with E-state index < -0.39 is 0 Å². The third kappa shape index (κ3) is 3.73. The monoisotopic (exact) mass is 388 g/mol. The van der Waals surface area contributed by atoms with Crippen LogP contribution in [0.25, 0.3) is 22.3 Å². The van der Waals surface area contributed by atoms with Crippen molar-refractivity contribution in [2.75, 3.05) is 5.32 Å². The molecular weight excluding hydrogens is 368 g/mol. The number of fused-ring (bicyclic) bond motifs is 1. The number of nitrogens with zero attached hydrogens (tertiary/aromatic N) is 3. The topological polar surface area (TPSA) is 59.3 Å². The summed E-state index contributed by atoms with van der Waals surface area (Å²) in [6.07, 6.45) is 3.26. The summed E-state index contributed by atoms with van der Waals surface area (Å²) >= 11 is 1.50. The molecule has 140 valence electrons. The highest BCUT2D eigenvalue weighted by Gasteiger charge is 2.14. The van der Waals surface area contributed by atoms with Gasteiger partial charge in [-0.3, -0.25) is 10.1 Å². The van der Waals surface area contributed by atoms with Crippen molar-refractivity contribution >= 4 is 34.2 Å². The van der Waals surface area contributed by atoms with Crippen molar-refractivity contribution in [3.05, 3.63) is 76.2 Å². The van der Waals surface area contributed by atoms with E-state index in [9.17, 15) is 4.79 Å². The lowest BCUT2D eigenvalue weighted by atomic mass is 10.0. The van der Waals surface area contributed by atoms with Crippen LogP contribution >= 0.6 is 11.3 Å². The summed E-state index contributed by atoms with van der Waals surface area (Å²) in [6, 6.07) is 14.3. The third-order valence-electron chi connectivity index (χ3n) is 4.48. The lowest BCUT2D eigenvalue weighted by Crippen LogP contribution is -2.09. The normalized spacial score (nSPS) is 11.4. The maximum absolute atomic E-state index is 12.2. The minimum atomic E-state index is -0.258. The van der Waals surface area contributed by atoms with Gasteiger partial charge in [-0.1, -0.05) is 53.6 Å². The van der Waals surface area contributed by atoms with Gasteiger partial charge < -0.3 is 0 Å². The molecule has 2 heterocycles. The molecule has 0 fully saturated rings. The standard InChI is InChI=1S/C22H20N4OS/c1-14-4-7-17(8-5-14)9-11-20(27)23-21-24-22-26(25-21)19(13-28-22)18-10-6-15(2)12-16(18)3/h4-13H,1-3H3,(H,23,25,27)/b11-9+. The van der Waals surface area contributed by atoms with Gasteiger partial charge in [-0.15, -0.1) is 16.4 Å². The number of benzene rings is 2. The highest BCUT2D eigenvalue weighted by Crippen LogP contribution is 2.28. The Morgan fingerprint density at radius 1 is 1.07 bits per heavy atom. The first kappa shape index (κ1) is 18.1. The summed E-state index contributed by atoms with van der Waals surface area (Å²) < 4.78 is 1.78. The Kier molecular flexibility index (Phi) is 4.79. The average Bonchev–Trinajstić information content (AvgIpc) is 3.22. The molecular formula is C22H20N4OS. The predicted molar refractivity (Wildman–Crippen MR) is 115 cm³/mol. The molecule has 0 spiro atoms. The van der Waals surface area contributed by atoms with Crippen LogP contribution in [0.15, 0.2) is 53.9 Å². The quantitative estimate of drug-likeness (QED) is 0.499. The first-order valence-electron chi connectivity index (χ1n) is 8.97. The lowest BCUT2D eigenvalue weighted by Gasteiger charge is -2.05. The second kappa shape index (κ2) is 7.40. The molecule has 0 saturated heterocycles. The van der Waals surface area contributed by atoms with E-state index in [1.54, 1.807) is 10.6 Å². The Labute approximate surface area is 167 Å². The molecule has 0 atom stereocenters. The first-order chi connectivity index (χ1) is 13.5. The SMILES string of the molecule is Cc1ccc(/C=C/C(=O)Nc2nc3scc(-c4ccc(C)cc4C)n3n2)cc1. The van der Waals surface area contributed by atoms with Crippen LogP contribution in [0.5, 0.6) is 0 Å². The Hall–Kier alpha value is -3.25. The predicted octanol–water partition coefficient (Wildman–Crippen LogP) is 5.03. The zero-order chi connectivity index (χ0) is 19.7. The van der Waals surface area contributed by atoms with Gasteiger partial charge in [0, 0.05) is 17.0 Å². The summed E-state index contributed by atoms with van der Waals surface area (Å²) in [5.41, 5.74) is 6.64. The molecule has 0 unspecified atom stereocenters. The van der Waals surface area contributed by atoms with E-state index in [1.807, 2.05) is 36.6 Å². The maximum atomic E-state index is 12.2. The minimum absolute atomic E-state index is 0.258. The van der Waals surface area contributed by atoms with Crippen LogP contribution in [0.2, 0.25) is 0 Å². The molecule has 4 rings (SSSR count).